The quantitative estimate of drug-likeness (QED) is 0.811. The van der Waals surface area contributed by atoms with E-state index in [0.29, 0.717) is 12.4 Å². The molecule has 0 aliphatic heterocycles. The van der Waals surface area contributed by atoms with Gasteiger partial charge in [-0.1, -0.05) is 32.4 Å². The molecule has 0 radical (unpaired) electrons. The number of aromatic nitrogens is 1. The molecule has 0 amide bonds. The van der Waals surface area contributed by atoms with Gasteiger partial charge in [-0.3, -0.25) is 0 Å². The van der Waals surface area contributed by atoms with Gasteiger partial charge in [0.2, 0.25) is 0 Å². The molecule has 0 atom stereocenters. The van der Waals surface area contributed by atoms with Gasteiger partial charge in [0.15, 0.2) is 0 Å². The zero-order chi connectivity index (χ0) is 14.0. The van der Waals surface area contributed by atoms with Gasteiger partial charge in [-0.05, 0) is 12.1 Å². The van der Waals surface area contributed by atoms with E-state index in [1.54, 1.807) is 17.4 Å². The minimum Gasteiger partial charge on any atom is -0.486 e. The second-order valence-electron chi connectivity index (χ2n) is 5.24. The van der Waals surface area contributed by atoms with Crippen molar-refractivity contribution in [2.45, 2.75) is 32.8 Å². The van der Waals surface area contributed by atoms with Gasteiger partial charge in [0, 0.05) is 16.9 Å². The Labute approximate surface area is 121 Å². The summed E-state index contributed by atoms with van der Waals surface area (Å²) < 4.78 is 18.7. The van der Waals surface area contributed by atoms with Crippen molar-refractivity contribution in [3.63, 3.8) is 0 Å². The normalized spacial score (nSPS) is 11.6. The number of hydrogen-bond donors (Lipinski definition) is 0. The average Bonchev–Trinajstić information content (AvgIpc) is 2.79. The molecule has 0 saturated heterocycles. The number of ether oxygens (including phenoxy) is 1. The smallest absolute Gasteiger partial charge is 0.145 e. The van der Waals surface area contributed by atoms with Crippen molar-refractivity contribution < 1.29 is 9.13 Å². The molecular weight excluding hydrogens is 285 g/mol. The monoisotopic (exact) mass is 299 g/mol. The predicted molar refractivity (Wildman–Crippen MR) is 76.6 cm³/mol. The summed E-state index contributed by atoms with van der Waals surface area (Å²) in [5.74, 6) is -0.0249. The largest absolute Gasteiger partial charge is 0.486 e. The molecule has 0 fully saturated rings. The van der Waals surface area contributed by atoms with Crippen LogP contribution >= 0.6 is 22.9 Å². The molecule has 0 unspecified atom stereocenters. The third-order valence-corrected chi connectivity index (χ3v) is 3.70. The van der Waals surface area contributed by atoms with E-state index in [-0.39, 0.29) is 10.4 Å². The molecule has 0 spiro atoms. The van der Waals surface area contributed by atoms with Gasteiger partial charge in [-0.25, -0.2) is 9.37 Å². The number of hydrogen-bond acceptors (Lipinski definition) is 3. The standard InChI is InChI=1S/C14H15ClFNOS/c1-14(2,3)12-8-19-13(17-12)7-18-9-4-5-10(15)11(16)6-9/h4-6,8H,7H2,1-3H3. The number of rotatable bonds is 3. The second kappa shape index (κ2) is 5.47. The van der Waals surface area contributed by atoms with Crippen molar-refractivity contribution in [1.29, 1.82) is 0 Å². The minimum atomic E-state index is -0.478. The summed E-state index contributed by atoms with van der Waals surface area (Å²) in [6, 6.07) is 4.40. The Bertz CT molecular complexity index is 577. The number of halogens is 2. The highest BCUT2D eigenvalue weighted by Crippen LogP contribution is 2.25. The molecule has 102 valence electrons. The molecule has 0 saturated carbocycles. The van der Waals surface area contributed by atoms with Crippen LogP contribution < -0.4 is 4.74 Å². The maximum Gasteiger partial charge on any atom is 0.145 e. The highest BCUT2D eigenvalue weighted by Gasteiger charge is 2.17. The first kappa shape index (κ1) is 14.3. The SMILES string of the molecule is CC(C)(C)c1csc(COc2ccc(Cl)c(F)c2)n1. The van der Waals surface area contributed by atoms with Crippen LogP contribution in [-0.4, -0.2) is 4.98 Å². The Morgan fingerprint density at radius 2 is 2.11 bits per heavy atom. The summed E-state index contributed by atoms with van der Waals surface area (Å²) in [6.07, 6.45) is 0. The molecule has 1 aromatic heterocycles. The van der Waals surface area contributed by atoms with Crippen molar-refractivity contribution in [2.75, 3.05) is 0 Å². The summed E-state index contributed by atoms with van der Waals surface area (Å²) >= 11 is 7.16. The maximum atomic E-state index is 13.2. The van der Waals surface area contributed by atoms with Gasteiger partial charge in [0.25, 0.3) is 0 Å². The van der Waals surface area contributed by atoms with Crippen molar-refractivity contribution in [2.24, 2.45) is 0 Å². The Kier molecular flexibility index (Phi) is 4.11. The summed E-state index contributed by atoms with van der Waals surface area (Å²) in [7, 11) is 0. The summed E-state index contributed by atoms with van der Waals surface area (Å²) in [5.41, 5.74) is 1.07. The molecule has 5 heteroatoms. The van der Waals surface area contributed by atoms with E-state index >= 15 is 0 Å². The van der Waals surface area contributed by atoms with E-state index in [9.17, 15) is 4.39 Å². The lowest BCUT2D eigenvalue weighted by Gasteiger charge is -2.14. The second-order valence-corrected chi connectivity index (χ2v) is 6.59. The summed E-state index contributed by atoms with van der Waals surface area (Å²) in [5, 5.41) is 3.00. The molecule has 1 heterocycles. The highest BCUT2D eigenvalue weighted by molar-refractivity contribution is 7.09. The van der Waals surface area contributed by atoms with Crippen LogP contribution in [0.4, 0.5) is 4.39 Å². The van der Waals surface area contributed by atoms with E-state index in [2.05, 4.69) is 25.8 Å². The van der Waals surface area contributed by atoms with Crippen molar-refractivity contribution in [1.82, 2.24) is 4.98 Å². The van der Waals surface area contributed by atoms with Gasteiger partial charge in [0.05, 0.1) is 10.7 Å². The van der Waals surface area contributed by atoms with Crippen molar-refractivity contribution in [3.8, 4) is 5.75 Å². The van der Waals surface area contributed by atoms with Gasteiger partial charge >= 0.3 is 0 Å². The van der Waals surface area contributed by atoms with Crippen LogP contribution in [0, 0.1) is 5.82 Å². The zero-order valence-corrected chi connectivity index (χ0v) is 12.6. The summed E-state index contributed by atoms with van der Waals surface area (Å²) in [4.78, 5) is 4.51. The third-order valence-electron chi connectivity index (χ3n) is 2.57. The van der Waals surface area contributed by atoms with E-state index in [0.717, 1.165) is 10.7 Å². The maximum absolute atomic E-state index is 13.2. The molecule has 19 heavy (non-hydrogen) atoms. The van der Waals surface area contributed by atoms with Crippen LogP contribution in [0.2, 0.25) is 5.02 Å². The molecule has 2 rings (SSSR count). The Morgan fingerprint density at radius 1 is 1.37 bits per heavy atom. The lowest BCUT2D eigenvalue weighted by atomic mass is 9.93. The predicted octanol–water partition coefficient (Wildman–Crippen LogP) is 4.81. The van der Waals surface area contributed by atoms with Crippen LogP contribution in [0.25, 0.3) is 0 Å². The van der Waals surface area contributed by atoms with Crippen molar-refractivity contribution >= 4 is 22.9 Å². The number of benzene rings is 1. The van der Waals surface area contributed by atoms with E-state index < -0.39 is 5.82 Å². The average molecular weight is 300 g/mol. The fourth-order valence-electron chi connectivity index (χ4n) is 1.43. The molecule has 1 aromatic carbocycles. The molecule has 0 bridgehead atoms. The fraction of sp³-hybridized carbons (Fsp3) is 0.357. The summed E-state index contributed by atoms with van der Waals surface area (Å²) in [6.45, 7) is 6.67. The fourth-order valence-corrected chi connectivity index (χ4v) is 2.48. The Hall–Kier alpha value is -1.13. The zero-order valence-electron chi connectivity index (χ0n) is 11.0. The van der Waals surface area contributed by atoms with E-state index in [4.69, 9.17) is 16.3 Å². The first-order chi connectivity index (χ1) is 8.86. The molecule has 0 N–H and O–H groups in total. The van der Waals surface area contributed by atoms with Crippen molar-refractivity contribution in [3.05, 3.63) is 45.1 Å². The molecular formula is C14H15ClFNOS. The topological polar surface area (TPSA) is 22.1 Å². The van der Waals surface area contributed by atoms with Crippen LogP contribution in [0.3, 0.4) is 0 Å². The van der Waals surface area contributed by atoms with Crippen LogP contribution in [-0.2, 0) is 12.0 Å². The molecule has 0 aliphatic rings. The van der Waals surface area contributed by atoms with Crippen LogP contribution in [0.1, 0.15) is 31.5 Å². The molecule has 0 aliphatic carbocycles. The van der Waals surface area contributed by atoms with Gasteiger partial charge in [0.1, 0.15) is 23.2 Å². The third kappa shape index (κ3) is 3.67. The van der Waals surface area contributed by atoms with Crippen LogP contribution in [0.5, 0.6) is 5.75 Å². The van der Waals surface area contributed by atoms with Gasteiger partial charge in [-0.15, -0.1) is 11.3 Å². The Balaban J connectivity index is 2.02. The first-order valence-electron chi connectivity index (χ1n) is 5.89. The van der Waals surface area contributed by atoms with Gasteiger partial charge < -0.3 is 4.74 Å². The molecule has 2 aromatic rings. The van der Waals surface area contributed by atoms with E-state index in [1.807, 2.05) is 5.38 Å². The Morgan fingerprint density at radius 3 is 2.68 bits per heavy atom. The van der Waals surface area contributed by atoms with Gasteiger partial charge in [-0.2, -0.15) is 0 Å². The van der Waals surface area contributed by atoms with Crippen LogP contribution in [0.15, 0.2) is 23.6 Å². The first-order valence-corrected chi connectivity index (χ1v) is 7.15. The molecule has 2 nitrogen and oxygen atoms in total. The number of nitrogens with zero attached hydrogens (tertiary/aromatic N) is 1. The lowest BCUT2D eigenvalue weighted by Crippen LogP contribution is -2.11. The minimum absolute atomic E-state index is 0.0289. The number of thiazole rings is 1. The lowest BCUT2D eigenvalue weighted by molar-refractivity contribution is 0.303. The highest BCUT2D eigenvalue weighted by atomic mass is 35.5. The van der Waals surface area contributed by atoms with E-state index in [1.165, 1.54) is 12.1 Å².